The molecule has 2 amide bonds. The quantitative estimate of drug-likeness (QED) is 0.377. The predicted molar refractivity (Wildman–Crippen MR) is 119 cm³/mol. The van der Waals surface area contributed by atoms with Gasteiger partial charge in [0.1, 0.15) is 11.6 Å². The fraction of sp³-hybridized carbons (Fsp3) is 0.423. The highest BCUT2D eigenvalue weighted by Gasteiger charge is 2.52. The van der Waals surface area contributed by atoms with E-state index in [2.05, 4.69) is 0 Å². The zero-order chi connectivity index (χ0) is 25.4. The van der Waals surface area contributed by atoms with Crippen molar-refractivity contribution in [2.24, 2.45) is 17.3 Å². The summed E-state index contributed by atoms with van der Waals surface area (Å²) in [7, 11) is 0. The molecule has 2 fully saturated rings. The van der Waals surface area contributed by atoms with Crippen LogP contribution in [0, 0.1) is 34.4 Å². The van der Waals surface area contributed by atoms with Gasteiger partial charge in [0.2, 0.25) is 11.8 Å². The third kappa shape index (κ3) is 5.02. The van der Waals surface area contributed by atoms with E-state index in [1.807, 2.05) is 6.92 Å². The highest BCUT2D eigenvalue weighted by Crippen LogP contribution is 2.52. The van der Waals surface area contributed by atoms with Gasteiger partial charge in [-0.3, -0.25) is 14.5 Å². The van der Waals surface area contributed by atoms with Crippen molar-refractivity contribution in [2.75, 3.05) is 11.5 Å². The minimum atomic E-state index is -4.78. The Balaban J connectivity index is 1.43. The molecule has 2 aliphatic rings. The molecule has 2 aromatic carbocycles. The van der Waals surface area contributed by atoms with Crippen molar-refractivity contribution < 1.29 is 31.9 Å². The van der Waals surface area contributed by atoms with Gasteiger partial charge in [-0.2, -0.15) is 18.4 Å². The first-order chi connectivity index (χ1) is 16.5. The number of ether oxygens (including phenoxy) is 1. The molecule has 1 saturated heterocycles. The number of imide groups is 1. The first-order valence-electron chi connectivity index (χ1n) is 11.4. The van der Waals surface area contributed by atoms with Gasteiger partial charge < -0.3 is 4.74 Å². The summed E-state index contributed by atoms with van der Waals surface area (Å²) in [5, 5.41) is 9.00. The van der Waals surface area contributed by atoms with E-state index in [9.17, 15) is 27.2 Å². The van der Waals surface area contributed by atoms with Gasteiger partial charge >= 0.3 is 6.18 Å². The van der Waals surface area contributed by atoms with Crippen molar-refractivity contribution in [3.63, 3.8) is 0 Å². The molecular formula is C26H24F4N2O3. The van der Waals surface area contributed by atoms with E-state index in [-0.39, 0.29) is 23.8 Å². The molecule has 0 aromatic heterocycles. The summed E-state index contributed by atoms with van der Waals surface area (Å²) in [5.74, 6) is -1.17. The third-order valence-corrected chi connectivity index (χ3v) is 7.16. The molecule has 2 aromatic rings. The number of amides is 2. The lowest BCUT2D eigenvalue weighted by Crippen LogP contribution is -2.35. The van der Waals surface area contributed by atoms with Crippen LogP contribution in [-0.2, 0) is 15.8 Å². The predicted octanol–water partition coefficient (Wildman–Crippen LogP) is 5.87. The first-order valence-corrected chi connectivity index (χ1v) is 11.4. The Morgan fingerprint density at radius 3 is 2.54 bits per heavy atom. The van der Waals surface area contributed by atoms with Gasteiger partial charge in [-0.15, -0.1) is 0 Å². The standard InChI is InChI=1S/C26H24F4N2O3/c1-25(10-8-16(14-25)9-11-35-20-6-3-18(27)4-7-20)22-13-23(33)32(24(22)34)19-5-2-17(15-31)21(12-19)26(28,29)30/h2-7,12,16,22H,8-11,13-14H2,1H3/t16?,22-,25?/m1/s1. The van der Waals surface area contributed by atoms with E-state index >= 15 is 0 Å². The van der Waals surface area contributed by atoms with Crippen molar-refractivity contribution in [2.45, 2.75) is 45.2 Å². The van der Waals surface area contributed by atoms with Gasteiger partial charge in [-0.05, 0) is 79.5 Å². The fourth-order valence-corrected chi connectivity index (χ4v) is 5.29. The van der Waals surface area contributed by atoms with Crippen LogP contribution >= 0.6 is 0 Å². The van der Waals surface area contributed by atoms with Gasteiger partial charge in [0.25, 0.3) is 0 Å². The number of alkyl halides is 3. The second kappa shape index (κ2) is 9.33. The lowest BCUT2D eigenvalue weighted by atomic mass is 9.74. The molecule has 9 heteroatoms. The number of carbonyl (C=O) groups excluding carboxylic acids is 2. The fourth-order valence-electron chi connectivity index (χ4n) is 5.29. The van der Waals surface area contributed by atoms with Crippen LogP contribution in [0.3, 0.4) is 0 Å². The van der Waals surface area contributed by atoms with Crippen LogP contribution in [0.5, 0.6) is 5.75 Å². The average Bonchev–Trinajstić information content (AvgIpc) is 3.34. The molecular weight excluding hydrogens is 464 g/mol. The molecule has 1 heterocycles. The number of rotatable bonds is 6. The number of halogens is 4. The zero-order valence-corrected chi connectivity index (χ0v) is 19.1. The lowest BCUT2D eigenvalue weighted by Gasteiger charge is -2.30. The molecule has 184 valence electrons. The largest absolute Gasteiger partial charge is 0.494 e. The van der Waals surface area contributed by atoms with Gasteiger partial charge in [-0.1, -0.05) is 6.92 Å². The highest BCUT2D eigenvalue weighted by atomic mass is 19.4. The molecule has 5 nitrogen and oxygen atoms in total. The maximum Gasteiger partial charge on any atom is 0.417 e. The van der Waals surface area contributed by atoms with Crippen molar-refractivity contribution in [3.05, 3.63) is 59.4 Å². The SMILES string of the molecule is CC1([C@@H]2CC(=O)N(c3ccc(C#N)c(C(F)(F)F)c3)C2=O)CCC(CCOc2ccc(F)cc2)C1. The summed E-state index contributed by atoms with van der Waals surface area (Å²) in [5.41, 5.74) is -2.36. The van der Waals surface area contributed by atoms with Crippen LogP contribution in [0.25, 0.3) is 0 Å². The summed E-state index contributed by atoms with van der Waals surface area (Å²) >= 11 is 0. The third-order valence-electron chi connectivity index (χ3n) is 7.16. The van der Waals surface area contributed by atoms with Crippen LogP contribution in [0.2, 0.25) is 0 Å². The summed E-state index contributed by atoms with van der Waals surface area (Å²) in [4.78, 5) is 26.8. The Hall–Kier alpha value is -3.41. The monoisotopic (exact) mass is 488 g/mol. The molecule has 0 spiro atoms. The first kappa shape index (κ1) is 24.7. The number of anilines is 1. The molecule has 0 N–H and O–H groups in total. The minimum absolute atomic E-state index is 0.0600. The maximum atomic E-state index is 13.4. The topological polar surface area (TPSA) is 70.4 Å². The Kier molecular flexibility index (Phi) is 6.58. The van der Waals surface area contributed by atoms with Gasteiger partial charge in [0.05, 0.1) is 35.4 Å². The average molecular weight is 488 g/mol. The molecule has 2 unspecified atom stereocenters. The van der Waals surface area contributed by atoms with Gasteiger partial charge in [-0.25, -0.2) is 4.39 Å². The Labute approximate surface area is 200 Å². The Morgan fingerprint density at radius 2 is 1.89 bits per heavy atom. The van der Waals surface area contributed by atoms with Crippen molar-refractivity contribution >= 4 is 17.5 Å². The molecule has 1 aliphatic carbocycles. The van der Waals surface area contributed by atoms with E-state index in [0.717, 1.165) is 23.8 Å². The molecule has 3 atom stereocenters. The summed E-state index contributed by atoms with van der Waals surface area (Å²) in [6, 6.07) is 10.1. The summed E-state index contributed by atoms with van der Waals surface area (Å²) < 4.78 is 58.8. The van der Waals surface area contributed by atoms with Gasteiger partial charge in [0.15, 0.2) is 0 Å². The van der Waals surface area contributed by atoms with Crippen LogP contribution in [-0.4, -0.2) is 18.4 Å². The highest BCUT2D eigenvalue weighted by molar-refractivity contribution is 6.21. The van der Waals surface area contributed by atoms with Crippen molar-refractivity contribution in [3.8, 4) is 11.8 Å². The van der Waals surface area contributed by atoms with Crippen LogP contribution in [0.1, 0.15) is 50.2 Å². The number of benzene rings is 2. The van der Waals surface area contributed by atoms with E-state index < -0.39 is 40.5 Å². The van der Waals surface area contributed by atoms with Crippen LogP contribution in [0.4, 0.5) is 23.2 Å². The molecule has 1 aliphatic heterocycles. The normalized spacial score (nSPS) is 24.6. The van der Waals surface area contributed by atoms with E-state index in [4.69, 9.17) is 10.00 Å². The van der Waals surface area contributed by atoms with Gasteiger partial charge in [0, 0.05) is 6.42 Å². The van der Waals surface area contributed by atoms with Crippen molar-refractivity contribution in [1.82, 2.24) is 0 Å². The second-order valence-electron chi connectivity index (χ2n) is 9.52. The number of hydrogen-bond acceptors (Lipinski definition) is 4. The Morgan fingerprint density at radius 1 is 1.17 bits per heavy atom. The number of nitriles is 1. The zero-order valence-electron chi connectivity index (χ0n) is 19.1. The smallest absolute Gasteiger partial charge is 0.417 e. The van der Waals surface area contributed by atoms with E-state index in [0.29, 0.717) is 31.3 Å². The number of carbonyl (C=O) groups is 2. The van der Waals surface area contributed by atoms with E-state index in [1.165, 1.54) is 24.3 Å². The molecule has 0 bridgehead atoms. The molecule has 0 radical (unpaired) electrons. The molecule has 35 heavy (non-hydrogen) atoms. The lowest BCUT2D eigenvalue weighted by molar-refractivity contribution is -0.138. The Bertz CT molecular complexity index is 1170. The van der Waals surface area contributed by atoms with Crippen molar-refractivity contribution in [1.29, 1.82) is 5.26 Å². The molecule has 4 rings (SSSR count). The maximum absolute atomic E-state index is 13.4. The van der Waals surface area contributed by atoms with E-state index in [1.54, 1.807) is 12.1 Å². The number of nitrogens with zero attached hydrogens (tertiary/aromatic N) is 2. The molecule has 1 saturated carbocycles. The van der Waals surface area contributed by atoms with Crippen LogP contribution in [0.15, 0.2) is 42.5 Å². The second-order valence-corrected chi connectivity index (χ2v) is 9.52. The van der Waals surface area contributed by atoms with Crippen LogP contribution < -0.4 is 9.64 Å². The summed E-state index contributed by atoms with van der Waals surface area (Å²) in [6.07, 6.45) is -1.86. The minimum Gasteiger partial charge on any atom is -0.494 e. The summed E-state index contributed by atoms with van der Waals surface area (Å²) in [6.45, 7) is 2.38. The number of hydrogen-bond donors (Lipinski definition) is 0.